The zero-order chi connectivity index (χ0) is 24.1. The van der Waals surface area contributed by atoms with Crippen molar-refractivity contribution in [2.45, 2.75) is 18.2 Å². The Labute approximate surface area is 199 Å². The van der Waals surface area contributed by atoms with Gasteiger partial charge in [0.05, 0.1) is 17.8 Å². The summed E-state index contributed by atoms with van der Waals surface area (Å²) in [5.74, 6) is -2.15. The second-order valence-corrected chi connectivity index (χ2v) is 8.70. The van der Waals surface area contributed by atoms with E-state index in [0.717, 1.165) is 17.3 Å². The van der Waals surface area contributed by atoms with E-state index >= 15 is 0 Å². The third-order valence-electron chi connectivity index (χ3n) is 5.02. The van der Waals surface area contributed by atoms with Gasteiger partial charge in [-0.3, -0.25) is 14.5 Å². The third-order valence-corrected chi connectivity index (χ3v) is 6.20. The van der Waals surface area contributed by atoms with Gasteiger partial charge in [-0.05, 0) is 48.0 Å². The fraction of sp³-hybridized carbons (Fsp3) is 0.120. The Balaban J connectivity index is 1.51. The highest BCUT2D eigenvalue weighted by Gasteiger charge is 2.39. The maximum absolute atomic E-state index is 13.6. The summed E-state index contributed by atoms with van der Waals surface area (Å²) in [6.07, 6.45) is -0.0996. The normalized spacial score (nSPS) is 16.6. The predicted molar refractivity (Wildman–Crippen MR) is 129 cm³/mol. The van der Waals surface area contributed by atoms with Crippen molar-refractivity contribution in [1.29, 1.82) is 0 Å². The van der Waals surface area contributed by atoms with Crippen LogP contribution < -0.4 is 5.32 Å². The summed E-state index contributed by atoms with van der Waals surface area (Å²) in [7, 11) is 0. The van der Waals surface area contributed by atoms with E-state index in [2.05, 4.69) is 10.3 Å². The topological polar surface area (TPSA) is 99.1 Å². The first-order chi connectivity index (χ1) is 16.4. The van der Waals surface area contributed by atoms with Crippen LogP contribution in [0.25, 0.3) is 0 Å². The second kappa shape index (κ2) is 10.3. The van der Waals surface area contributed by atoms with Crippen LogP contribution in [0.15, 0.2) is 83.9 Å². The molecule has 1 aliphatic rings. The highest BCUT2D eigenvalue weighted by molar-refractivity contribution is 8.15. The minimum atomic E-state index is -1.06. The number of anilines is 1. The molecule has 4 rings (SSSR count). The van der Waals surface area contributed by atoms with Gasteiger partial charge in [0.1, 0.15) is 11.1 Å². The van der Waals surface area contributed by atoms with Crippen LogP contribution in [-0.2, 0) is 16.1 Å². The molecule has 7 nitrogen and oxygen atoms in total. The lowest BCUT2D eigenvalue weighted by Gasteiger charge is -2.16. The van der Waals surface area contributed by atoms with E-state index in [-0.39, 0.29) is 30.3 Å². The van der Waals surface area contributed by atoms with E-state index in [1.54, 1.807) is 6.07 Å². The largest absolute Gasteiger partial charge is 0.478 e. The molecule has 2 amide bonds. The minimum Gasteiger partial charge on any atom is -0.478 e. The number of amides is 2. The van der Waals surface area contributed by atoms with Crippen molar-refractivity contribution in [2.24, 2.45) is 4.99 Å². The van der Waals surface area contributed by atoms with Crippen molar-refractivity contribution in [3.05, 3.63) is 95.8 Å². The molecular weight excluding hydrogens is 457 g/mol. The van der Waals surface area contributed by atoms with Crippen LogP contribution >= 0.6 is 11.8 Å². The molecule has 0 unspecified atom stereocenters. The number of nitrogens with one attached hydrogen (secondary N) is 1. The molecule has 1 fully saturated rings. The van der Waals surface area contributed by atoms with Crippen molar-refractivity contribution < 1.29 is 23.9 Å². The molecule has 1 heterocycles. The Morgan fingerprint density at radius 2 is 1.76 bits per heavy atom. The van der Waals surface area contributed by atoms with Crippen molar-refractivity contribution in [3.63, 3.8) is 0 Å². The van der Waals surface area contributed by atoms with Gasteiger partial charge in [-0.2, -0.15) is 0 Å². The predicted octanol–water partition coefficient (Wildman–Crippen LogP) is 4.68. The molecule has 9 heteroatoms. The van der Waals surface area contributed by atoms with Crippen molar-refractivity contribution in [2.75, 3.05) is 5.32 Å². The molecule has 0 saturated carbocycles. The molecule has 3 aromatic carbocycles. The molecule has 0 spiro atoms. The molecular formula is C25H20FN3O4S. The Kier molecular flexibility index (Phi) is 7.03. The molecule has 0 aromatic heterocycles. The summed E-state index contributed by atoms with van der Waals surface area (Å²) in [6.45, 7) is 0.273. The summed E-state index contributed by atoms with van der Waals surface area (Å²) in [4.78, 5) is 42.8. The maximum Gasteiger partial charge on any atom is 0.335 e. The minimum absolute atomic E-state index is 0.0996. The average Bonchev–Trinajstić information content (AvgIpc) is 3.08. The van der Waals surface area contributed by atoms with Gasteiger partial charge in [-0.15, -0.1) is 0 Å². The lowest BCUT2D eigenvalue weighted by Crippen LogP contribution is -2.33. The highest BCUT2D eigenvalue weighted by Crippen LogP contribution is 2.33. The number of hydrogen-bond donors (Lipinski definition) is 2. The number of aliphatic imine (C=N–C) groups is 1. The molecule has 0 radical (unpaired) electrons. The summed E-state index contributed by atoms with van der Waals surface area (Å²) in [5, 5.41) is 11.4. The van der Waals surface area contributed by atoms with Crippen molar-refractivity contribution >= 4 is 46.1 Å². The van der Waals surface area contributed by atoms with E-state index in [0.29, 0.717) is 16.5 Å². The number of hydrogen-bond acceptors (Lipinski definition) is 5. The Morgan fingerprint density at radius 3 is 2.44 bits per heavy atom. The Bertz CT molecular complexity index is 1250. The number of rotatable bonds is 7. The standard InChI is InChI=1S/C25H20FN3O4S/c26-18-7-4-8-20(13-18)28-25-29(15-16-5-2-1-3-6-16)23(31)21(34-25)14-22(30)27-19-11-9-17(10-12-19)24(32)33/h1-13,21H,14-15H2,(H,27,30)(H,32,33)/t21-/m1/s1. The number of nitrogens with zero attached hydrogens (tertiary/aromatic N) is 2. The van der Waals surface area contributed by atoms with E-state index in [1.165, 1.54) is 47.4 Å². The van der Waals surface area contributed by atoms with Crippen LogP contribution in [0.1, 0.15) is 22.3 Å². The molecule has 0 aliphatic carbocycles. The van der Waals surface area contributed by atoms with Gasteiger partial charge in [0.25, 0.3) is 0 Å². The fourth-order valence-electron chi connectivity index (χ4n) is 3.37. The SMILES string of the molecule is O=C(C[C@H]1SC(=Nc2cccc(F)c2)N(Cc2ccccc2)C1=O)Nc1ccc(C(=O)O)cc1. The van der Waals surface area contributed by atoms with Crippen LogP contribution in [0.3, 0.4) is 0 Å². The van der Waals surface area contributed by atoms with Crippen LogP contribution in [0, 0.1) is 5.82 Å². The van der Waals surface area contributed by atoms with E-state index < -0.39 is 17.0 Å². The second-order valence-electron chi connectivity index (χ2n) is 7.53. The fourth-order valence-corrected chi connectivity index (χ4v) is 4.53. The van der Waals surface area contributed by atoms with Crippen LogP contribution in [0.4, 0.5) is 15.8 Å². The third kappa shape index (κ3) is 5.68. The number of carbonyl (C=O) groups is 3. The smallest absolute Gasteiger partial charge is 0.335 e. The van der Waals surface area contributed by atoms with Gasteiger partial charge in [0.15, 0.2) is 5.17 Å². The van der Waals surface area contributed by atoms with Gasteiger partial charge in [-0.1, -0.05) is 48.2 Å². The maximum atomic E-state index is 13.6. The average molecular weight is 478 g/mol. The summed E-state index contributed by atoms with van der Waals surface area (Å²) in [5.41, 5.74) is 1.80. The first kappa shape index (κ1) is 23.2. The summed E-state index contributed by atoms with van der Waals surface area (Å²) in [6, 6.07) is 20.9. The molecule has 1 atom stereocenters. The van der Waals surface area contributed by atoms with E-state index in [9.17, 15) is 18.8 Å². The number of carboxylic acid groups (broad SMARTS) is 1. The molecule has 1 aliphatic heterocycles. The van der Waals surface area contributed by atoms with Gasteiger partial charge in [-0.25, -0.2) is 14.2 Å². The van der Waals surface area contributed by atoms with E-state index in [4.69, 9.17) is 5.11 Å². The number of halogens is 1. The number of benzene rings is 3. The molecule has 34 heavy (non-hydrogen) atoms. The molecule has 3 aromatic rings. The molecule has 0 bridgehead atoms. The lowest BCUT2D eigenvalue weighted by molar-refractivity contribution is -0.128. The number of carbonyl (C=O) groups excluding carboxylic acids is 2. The number of aromatic carboxylic acids is 1. The monoisotopic (exact) mass is 477 g/mol. The van der Waals surface area contributed by atoms with Crippen LogP contribution in [0.2, 0.25) is 0 Å². The zero-order valence-electron chi connectivity index (χ0n) is 17.8. The Hall–Kier alpha value is -3.98. The quantitative estimate of drug-likeness (QED) is 0.515. The Morgan fingerprint density at radius 1 is 1.03 bits per heavy atom. The molecule has 2 N–H and O–H groups in total. The summed E-state index contributed by atoms with van der Waals surface area (Å²) < 4.78 is 13.6. The molecule has 1 saturated heterocycles. The number of thioether (sulfide) groups is 1. The highest BCUT2D eigenvalue weighted by atomic mass is 32.2. The van der Waals surface area contributed by atoms with Crippen molar-refractivity contribution in [1.82, 2.24) is 4.90 Å². The van der Waals surface area contributed by atoms with Crippen molar-refractivity contribution in [3.8, 4) is 0 Å². The van der Waals surface area contributed by atoms with Gasteiger partial charge in [0.2, 0.25) is 11.8 Å². The van der Waals surface area contributed by atoms with Gasteiger partial charge in [0, 0.05) is 12.1 Å². The lowest BCUT2D eigenvalue weighted by atomic mass is 10.2. The van der Waals surface area contributed by atoms with Crippen LogP contribution in [-0.4, -0.2) is 38.2 Å². The number of carboxylic acids is 1. The van der Waals surface area contributed by atoms with Gasteiger partial charge >= 0.3 is 5.97 Å². The van der Waals surface area contributed by atoms with Gasteiger partial charge < -0.3 is 10.4 Å². The zero-order valence-corrected chi connectivity index (χ0v) is 18.7. The molecule has 172 valence electrons. The van der Waals surface area contributed by atoms with E-state index in [1.807, 2.05) is 30.3 Å². The number of amidine groups is 1. The summed E-state index contributed by atoms with van der Waals surface area (Å²) >= 11 is 1.16. The van der Waals surface area contributed by atoms with Crippen LogP contribution in [0.5, 0.6) is 0 Å². The first-order valence-electron chi connectivity index (χ1n) is 10.4. The first-order valence-corrected chi connectivity index (χ1v) is 11.3.